The van der Waals surface area contributed by atoms with Crippen molar-refractivity contribution in [1.29, 1.82) is 0 Å². The van der Waals surface area contributed by atoms with Crippen LogP contribution in [0.2, 0.25) is 0 Å². The SMILES string of the molecule is C=Cc1ccc2cc(OC3CCCCO3)ccc2c1. The minimum absolute atomic E-state index is 0.0846. The molecule has 0 aliphatic carbocycles. The van der Waals surface area contributed by atoms with E-state index in [0.29, 0.717) is 0 Å². The van der Waals surface area contributed by atoms with E-state index in [1.807, 2.05) is 12.1 Å². The Hall–Kier alpha value is -1.80. The van der Waals surface area contributed by atoms with E-state index in [4.69, 9.17) is 9.47 Å². The van der Waals surface area contributed by atoms with Crippen molar-refractivity contribution in [3.63, 3.8) is 0 Å². The molecule has 0 saturated carbocycles. The van der Waals surface area contributed by atoms with Gasteiger partial charge in [-0.3, -0.25) is 0 Å². The summed E-state index contributed by atoms with van der Waals surface area (Å²) >= 11 is 0. The van der Waals surface area contributed by atoms with Crippen molar-refractivity contribution in [2.24, 2.45) is 0 Å². The molecule has 0 spiro atoms. The molecule has 1 heterocycles. The van der Waals surface area contributed by atoms with Crippen molar-refractivity contribution in [3.8, 4) is 5.75 Å². The van der Waals surface area contributed by atoms with E-state index in [2.05, 4.69) is 36.9 Å². The standard InChI is InChI=1S/C17H18O2/c1-2-13-6-7-15-12-16(9-8-14(15)11-13)19-17-5-3-4-10-18-17/h2,6-9,11-12,17H,1,3-5,10H2. The molecule has 19 heavy (non-hydrogen) atoms. The summed E-state index contributed by atoms with van der Waals surface area (Å²) in [4.78, 5) is 0. The summed E-state index contributed by atoms with van der Waals surface area (Å²) in [7, 11) is 0. The first-order valence-corrected chi connectivity index (χ1v) is 6.80. The van der Waals surface area contributed by atoms with E-state index in [1.54, 1.807) is 0 Å². The second-order valence-corrected chi connectivity index (χ2v) is 4.89. The van der Waals surface area contributed by atoms with Crippen LogP contribution >= 0.6 is 0 Å². The predicted octanol–water partition coefficient (Wildman–Crippen LogP) is 4.39. The molecule has 1 aliphatic heterocycles. The van der Waals surface area contributed by atoms with E-state index in [-0.39, 0.29) is 6.29 Å². The van der Waals surface area contributed by atoms with Crippen LogP contribution in [-0.2, 0) is 4.74 Å². The summed E-state index contributed by atoms with van der Waals surface area (Å²) in [6.07, 6.45) is 5.08. The molecule has 0 aromatic heterocycles. The highest BCUT2D eigenvalue weighted by Gasteiger charge is 2.15. The summed E-state index contributed by atoms with van der Waals surface area (Å²) in [5, 5.41) is 2.38. The van der Waals surface area contributed by atoms with Gasteiger partial charge in [0.2, 0.25) is 0 Å². The Balaban J connectivity index is 1.82. The molecule has 2 nitrogen and oxygen atoms in total. The van der Waals surface area contributed by atoms with Crippen LogP contribution in [0.1, 0.15) is 24.8 Å². The van der Waals surface area contributed by atoms with Crippen LogP contribution < -0.4 is 4.74 Å². The Kier molecular flexibility index (Phi) is 3.51. The predicted molar refractivity (Wildman–Crippen MR) is 78.3 cm³/mol. The molecule has 98 valence electrons. The maximum absolute atomic E-state index is 5.88. The minimum Gasteiger partial charge on any atom is -0.465 e. The molecule has 0 radical (unpaired) electrons. The summed E-state index contributed by atoms with van der Waals surface area (Å²) in [6, 6.07) is 12.5. The van der Waals surface area contributed by atoms with Crippen LogP contribution in [0.3, 0.4) is 0 Å². The highest BCUT2D eigenvalue weighted by atomic mass is 16.7. The van der Waals surface area contributed by atoms with Crippen molar-refractivity contribution in [1.82, 2.24) is 0 Å². The minimum atomic E-state index is -0.0846. The Bertz CT molecular complexity index is 583. The van der Waals surface area contributed by atoms with Crippen LogP contribution in [0.25, 0.3) is 16.8 Å². The maximum Gasteiger partial charge on any atom is 0.199 e. The Morgan fingerprint density at radius 1 is 1.11 bits per heavy atom. The van der Waals surface area contributed by atoms with Gasteiger partial charge in [-0.1, -0.05) is 30.9 Å². The monoisotopic (exact) mass is 254 g/mol. The average molecular weight is 254 g/mol. The molecule has 1 unspecified atom stereocenters. The second-order valence-electron chi connectivity index (χ2n) is 4.89. The van der Waals surface area contributed by atoms with Crippen molar-refractivity contribution in [2.75, 3.05) is 6.61 Å². The molecule has 2 heteroatoms. The summed E-state index contributed by atoms with van der Waals surface area (Å²) in [6.45, 7) is 4.60. The Morgan fingerprint density at radius 2 is 1.95 bits per heavy atom. The Labute approximate surface area is 113 Å². The van der Waals surface area contributed by atoms with E-state index in [9.17, 15) is 0 Å². The van der Waals surface area contributed by atoms with E-state index in [1.165, 1.54) is 17.2 Å². The fraction of sp³-hybridized carbons (Fsp3) is 0.294. The van der Waals surface area contributed by atoms with Gasteiger partial charge in [-0.15, -0.1) is 0 Å². The first-order chi connectivity index (χ1) is 9.35. The molecule has 0 bridgehead atoms. The summed E-state index contributed by atoms with van der Waals surface area (Å²) in [5.41, 5.74) is 1.14. The lowest BCUT2D eigenvalue weighted by atomic mass is 10.1. The van der Waals surface area contributed by atoms with Crippen LogP contribution in [-0.4, -0.2) is 12.9 Å². The Morgan fingerprint density at radius 3 is 2.74 bits per heavy atom. The molecule has 2 aromatic carbocycles. The van der Waals surface area contributed by atoms with Gasteiger partial charge in [0.1, 0.15) is 5.75 Å². The fourth-order valence-corrected chi connectivity index (χ4v) is 2.40. The van der Waals surface area contributed by atoms with Gasteiger partial charge in [0, 0.05) is 6.42 Å². The largest absolute Gasteiger partial charge is 0.465 e. The molecule has 1 atom stereocenters. The number of hydrogen-bond donors (Lipinski definition) is 0. The zero-order valence-corrected chi connectivity index (χ0v) is 11.0. The van der Waals surface area contributed by atoms with Crippen LogP contribution in [0.5, 0.6) is 5.75 Å². The van der Waals surface area contributed by atoms with Crippen LogP contribution in [0, 0.1) is 0 Å². The van der Waals surface area contributed by atoms with Crippen LogP contribution in [0.15, 0.2) is 43.0 Å². The van der Waals surface area contributed by atoms with E-state index < -0.39 is 0 Å². The third-order valence-corrected chi connectivity index (χ3v) is 3.48. The fourth-order valence-electron chi connectivity index (χ4n) is 2.40. The number of benzene rings is 2. The van der Waals surface area contributed by atoms with Crippen molar-refractivity contribution in [3.05, 3.63) is 48.5 Å². The van der Waals surface area contributed by atoms with Gasteiger partial charge >= 0.3 is 0 Å². The summed E-state index contributed by atoms with van der Waals surface area (Å²) < 4.78 is 11.5. The van der Waals surface area contributed by atoms with Gasteiger partial charge in [-0.05, 0) is 47.4 Å². The lowest BCUT2D eigenvalue weighted by molar-refractivity contribution is -0.105. The number of ether oxygens (including phenoxy) is 2. The third kappa shape index (κ3) is 2.79. The van der Waals surface area contributed by atoms with Gasteiger partial charge < -0.3 is 9.47 Å². The number of hydrogen-bond acceptors (Lipinski definition) is 2. The van der Waals surface area contributed by atoms with Crippen molar-refractivity contribution >= 4 is 16.8 Å². The highest BCUT2D eigenvalue weighted by Crippen LogP contribution is 2.25. The molecule has 2 aromatic rings. The summed E-state index contributed by atoms with van der Waals surface area (Å²) in [5.74, 6) is 0.880. The first kappa shape index (κ1) is 12.2. The molecule has 0 N–H and O–H groups in total. The second kappa shape index (κ2) is 5.45. The van der Waals surface area contributed by atoms with Crippen molar-refractivity contribution < 1.29 is 9.47 Å². The van der Waals surface area contributed by atoms with Gasteiger partial charge in [-0.2, -0.15) is 0 Å². The molecule has 1 aliphatic rings. The van der Waals surface area contributed by atoms with Crippen LogP contribution in [0.4, 0.5) is 0 Å². The third-order valence-electron chi connectivity index (χ3n) is 3.48. The topological polar surface area (TPSA) is 18.5 Å². The first-order valence-electron chi connectivity index (χ1n) is 6.80. The van der Waals surface area contributed by atoms with Gasteiger partial charge in [0.25, 0.3) is 0 Å². The van der Waals surface area contributed by atoms with E-state index in [0.717, 1.165) is 30.8 Å². The van der Waals surface area contributed by atoms with Crippen molar-refractivity contribution in [2.45, 2.75) is 25.6 Å². The normalized spacial score (nSPS) is 19.3. The zero-order chi connectivity index (χ0) is 13.1. The smallest absolute Gasteiger partial charge is 0.199 e. The number of fused-ring (bicyclic) bond motifs is 1. The maximum atomic E-state index is 5.88. The zero-order valence-electron chi connectivity index (χ0n) is 11.0. The van der Waals surface area contributed by atoms with E-state index >= 15 is 0 Å². The average Bonchev–Trinajstić information content (AvgIpc) is 2.48. The highest BCUT2D eigenvalue weighted by molar-refractivity contribution is 5.85. The molecular formula is C17H18O2. The molecular weight excluding hydrogens is 236 g/mol. The van der Waals surface area contributed by atoms with Gasteiger partial charge in [0.15, 0.2) is 6.29 Å². The lowest BCUT2D eigenvalue weighted by Crippen LogP contribution is -2.24. The van der Waals surface area contributed by atoms with Gasteiger partial charge in [0.05, 0.1) is 6.61 Å². The molecule has 1 fully saturated rings. The number of rotatable bonds is 3. The quantitative estimate of drug-likeness (QED) is 0.808. The molecule has 3 rings (SSSR count). The van der Waals surface area contributed by atoms with Gasteiger partial charge in [-0.25, -0.2) is 0 Å². The lowest BCUT2D eigenvalue weighted by Gasteiger charge is -2.23. The molecule has 1 saturated heterocycles. The molecule has 0 amide bonds.